The molecule has 4 rings (SSSR count). The number of carbonyl (C=O) groups excluding carboxylic acids is 2. The Labute approximate surface area is 224 Å². The van der Waals surface area contributed by atoms with E-state index >= 15 is 0 Å². The predicted molar refractivity (Wildman–Crippen MR) is 145 cm³/mol. The Morgan fingerprint density at radius 3 is 2.21 bits per heavy atom. The van der Waals surface area contributed by atoms with Gasteiger partial charge in [0.05, 0.1) is 11.8 Å². The number of nitrogens with one attached hydrogen (secondary N) is 1. The molecule has 2 atom stereocenters. The van der Waals surface area contributed by atoms with Crippen molar-refractivity contribution in [3.8, 4) is 11.1 Å². The summed E-state index contributed by atoms with van der Waals surface area (Å²) in [7, 11) is 0. The lowest BCUT2D eigenvalue weighted by molar-refractivity contribution is -0.142. The van der Waals surface area contributed by atoms with Gasteiger partial charge in [-0.3, -0.25) is 9.59 Å². The molecule has 1 saturated heterocycles. The van der Waals surface area contributed by atoms with Crippen molar-refractivity contribution in [1.29, 1.82) is 0 Å². The summed E-state index contributed by atoms with van der Waals surface area (Å²) in [4.78, 5) is 27.9. The maximum atomic E-state index is 14.0. The summed E-state index contributed by atoms with van der Waals surface area (Å²) >= 11 is 0. The van der Waals surface area contributed by atoms with Crippen molar-refractivity contribution in [2.75, 3.05) is 6.54 Å². The third-order valence-corrected chi connectivity index (χ3v) is 6.12. The molecule has 1 aliphatic heterocycles. The van der Waals surface area contributed by atoms with Crippen LogP contribution in [0.5, 0.6) is 0 Å². The first-order valence-corrected chi connectivity index (χ1v) is 13.3. The molecule has 2 heterocycles. The molecule has 9 heteroatoms. The van der Waals surface area contributed by atoms with Crippen LogP contribution in [0.25, 0.3) is 11.1 Å². The summed E-state index contributed by atoms with van der Waals surface area (Å²) in [6.07, 6.45) is 4.52. The standard InChI is InChI=1S/C25H27F2N5O2.2C2H6/c1-16(2)23(32-14-12-29-30-32)25(34)31-13-4-7-21(31)24(33)28-15-17-8-10-18(11-9-17)22-19(26)5-3-6-20(22)27;2*1-2/h3,5-6,8-12,14,16,21,23H,4,7,13,15H2,1-2H3,(H,28,33);2*1-2H3. The van der Waals surface area contributed by atoms with Crippen LogP contribution in [0.4, 0.5) is 8.78 Å². The highest BCUT2D eigenvalue weighted by Gasteiger charge is 2.39. The number of likely N-dealkylation sites (tertiary alicyclic amines) is 1. The molecule has 1 N–H and O–H groups in total. The van der Waals surface area contributed by atoms with Crippen LogP contribution in [0.2, 0.25) is 0 Å². The van der Waals surface area contributed by atoms with Crippen LogP contribution < -0.4 is 5.32 Å². The number of amides is 2. The van der Waals surface area contributed by atoms with E-state index in [1.807, 2.05) is 41.5 Å². The highest BCUT2D eigenvalue weighted by atomic mass is 19.1. The second kappa shape index (κ2) is 15.0. The Kier molecular flexibility index (Phi) is 12.0. The second-order valence-corrected chi connectivity index (χ2v) is 8.77. The van der Waals surface area contributed by atoms with Crippen LogP contribution in [-0.4, -0.2) is 44.3 Å². The van der Waals surface area contributed by atoms with Gasteiger partial charge in [0, 0.05) is 19.3 Å². The molecular weight excluding hydrogens is 488 g/mol. The summed E-state index contributed by atoms with van der Waals surface area (Å²) in [6.45, 7) is 12.6. The minimum Gasteiger partial charge on any atom is -0.350 e. The van der Waals surface area contributed by atoms with Crippen molar-refractivity contribution >= 4 is 11.8 Å². The number of nitrogens with zero attached hydrogens (tertiary/aromatic N) is 4. The largest absolute Gasteiger partial charge is 0.350 e. The van der Waals surface area contributed by atoms with Gasteiger partial charge in [-0.2, -0.15) is 0 Å². The Morgan fingerprint density at radius 1 is 1.03 bits per heavy atom. The molecule has 0 bridgehead atoms. The first-order chi connectivity index (χ1) is 18.4. The van der Waals surface area contributed by atoms with E-state index in [2.05, 4.69) is 15.6 Å². The van der Waals surface area contributed by atoms with Crippen molar-refractivity contribution in [3.05, 3.63) is 72.1 Å². The number of hydrogen-bond donors (Lipinski definition) is 1. The molecule has 206 valence electrons. The lowest BCUT2D eigenvalue weighted by Crippen LogP contribution is -2.48. The summed E-state index contributed by atoms with van der Waals surface area (Å²) in [5.74, 6) is -1.64. The van der Waals surface area contributed by atoms with E-state index in [9.17, 15) is 18.4 Å². The Bertz CT molecular complexity index is 1130. The lowest BCUT2D eigenvalue weighted by Gasteiger charge is -2.29. The van der Waals surface area contributed by atoms with Gasteiger partial charge < -0.3 is 10.2 Å². The zero-order valence-electron chi connectivity index (χ0n) is 23.1. The fourth-order valence-electron chi connectivity index (χ4n) is 4.41. The molecule has 1 aliphatic rings. The average molecular weight is 528 g/mol. The van der Waals surface area contributed by atoms with Gasteiger partial charge in [0.1, 0.15) is 23.7 Å². The molecule has 0 aliphatic carbocycles. The van der Waals surface area contributed by atoms with E-state index in [1.165, 1.54) is 24.4 Å². The molecule has 0 saturated carbocycles. The van der Waals surface area contributed by atoms with Crippen molar-refractivity contribution < 1.29 is 18.4 Å². The summed E-state index contributed by atoms with van der Waals surface area (Å²) in [6, 6.07) is 9.37. The fourth-order valence-corrected chi connectivity index (χ4v) is 4.41. The molecular formula is C29H39F2N5O2. The minimum absolute atomic E-state index is 0.0173. The summed E-state index contributed by atoms with van der Waals surface area (Å²) in [5, 5.41) is 10.7. The monoisotopic (exact) mass is 527 g/mol. The molecule has 0 spiro atoms. The summed E-state index contributed by atoms with van der Waals surface area (Å²) in [5.41, 5.74) is 1.13. The molecule has 1 aromatic heterocycles. The van der Waals surface area contributed by atoms with Crippen LogP contribution in [0.3, 0.4) is 0 Å². The van der Waals surface area contributed by atoms with Crippen molar-refractivity contribution in [3.63, 3.8) is 0 Å². The van der Waals surface area contributed by atoms with Crippen molar-refractivity contribution in [2.45, 2.75) is 73.0 Å². The number of halogens is 2. The van der Waals surface area contributed by atoms with E-state index in [1.54, 1.807) is 40.0 Å². The number of carbonyl (C=O) groups is 2. The van der Waals surface area contributed by atoms with Gasteiger partial charge in [-0.25, -0.2) is 13.5 Å². The second-order valence-electron chi connectivity index (χ2n) is 8.77. The van der Waals surface area contributed by atoms with Crippen LogP contribution in [-0.2, 0) is 16.1 Å². The quantitative estimate of drug-likeness (QED) is 0.422. The van der Waals surface area contributed by atoms with Crippen LogP contribution in [0.15, 0.2) is 54.9 Å². The van der Waals surface area contributed by atoms with E-state index in [-0.39, 0.29) is 29.8 Å². The average Bonchev–Trinajstić information content (AvgIpc) is 3.63. The van der Waals surface area contributed by atoms with Gasteiger partial charge in [-0.05, 0) is 42.0 Å². The maximum absolute atomic E-state index is 14.0. The zero-order valence-corrected chi connectivity index (χ0v) is 23.1. The first kappa shape index (κ1) is 30.6. The molecule has 2 unspecified atom stereocenters. The van der Waals surface area contributed by atoms with Gasteiger partial charge in [-0.1, -0.05) is 77.1 Å². The third kappa shape index (κ3) is 7.24. The minimum atomic E-state index is -0.627. The van der Waals surface area contributed by atoms with Gasteiger partial charge in [-0.15, -0.1) is 5.10 Å². The van der Waals surface area contributed by atoms with Gasteiger partial charge in [0.2, 0.25) is 11.8 Å². The molecule has 38 heavy (non-hydrogen) atoms. The zero-order chi connectivity index (χ0) is 28.2. The Balaban J connectivity index is 0.00000121. The molecule has 0 radical (unpaired) electrons. The van der Waals surface area contributed by atoms with Crippen LogP contribution >= 0.6 is 0 Å². The normalized spacial score (nSPS) is 15.2. The number of aromatic nitrogens is 3. The Morgan fingerprint density at radius 2 is 1.66 bits per heavy atom. The molecule has 1 fully saturated rings. The molecule has 7 nitrogen and oxygen atoms in total. The highest BCUT2D eigenvalue weighted by Crippen LogP contribution is 2.27. The fraction of sp³-hybridized carbons (Fsp3) is 0.448. The number of benzene rings is 2. The SMILES string of the molecule is CC.CC.CC(C)C(C(=O)N1CCCC1C(=O)NCc1ccc(-c2c(F)cccc2F)cc1)n1ccnn1. The van der Waals surface area contributed by atoms with E-state index < -0.39 is 23.7 Å². The van der Waals surface area contributed by atoms with Crippen LogP contribution in [0.1, 0.15) is 66.0 Å². The van der Waals surface area contributed by atoms with Crippen LogP contribution in [0, 0.1) is 17.6 Å². The Hall–Kier alpha value is -3.62. The van der Waals surface area contributed by atoms with Gasteiger partial charge >= 0.3 is 0 Å². The first-order valence-electron chi connectivity index (χ1n) is 13.3. The third-order valence-electron chi connectivity index (χ3n) is 6.12. The molecule has 2 amide bonds. The van der Waals surface area contributed by atoms with Crippen molar-refractivity contribution in [1.82, 2.24) is 25.2 Å². The lowest BCUT2D eigenvalue weighted by atomic mass is 10.0. The molecule has 3 aromatic rings. The topological polar surface area (TPSA) is 80.1 Å². The highest BCUT2D eigenvalue weighted by molar-refractivity contribution is 5.89. The predicted octanol–water partition coefficient (Wildman–Crippen LogP) is 5.78. The van der Waals surface area contributed by atoms with E-state index in [0.717, 1.165) is 12.0 Å². The number of rotatable bonds is 7. The number of hydrogen-bond acceptors (Lipinski definition) is 4. The maximum Gasteiger partial charge on any atom is 0.248 e. The van der Waals surface area contributed by atoms with Gasteiger partial charge in [0.15, 0.2) is 0 Å². The van der Waals surface area contributed by atoms with Gasteiger partial charge in [0.25, 0.3) is 0 Å². The van der Waals surface area contributed by atoms with E-state index in [4.69, 9.17) is 0 Å². The van der Waals surface area contributed by atoms with E-state index in [0.29, 0.717) is 18.5 Å². The van der Waals surface area contributed by atoms with Crippen molar-refractivity contribution in [2.24, 2.45) is 5.92 Å². The molecule has 2 aromatic carbocycles. The summed E-state index contributed by atoms with van der Waals surface area (Å²) < 4.78 is 29.6. The smallest absolute Gasteiger partial charge is 0.248 e.